The van der Waals surface area contributed by atoms with E-state index < -0.39 is 0 Å². The van der Waals surface area contributed by atoms with Gasteiger partial charge in [0.1, 0.15) is 0 Å². The van der Waals surface area contributed by atoms with E-state index in [1.54, 1.807) is 0 Å². The number of benzene rings is 1. The minimum Gasteiger partial charge on any atom is -0.339 e. The van der Waals surface area contributed by atoms with Crippen LogP contribution in [-0.2, 0) is 6.42 Å². The smallest absolute Gasteiger partial charge is 0.231 e. The lowest BCUT2D eigenvalue weighted by Gasteiger charge is -2.18. The number of rotatable bonds is 3. The Bertz CT molecular complexity index is 527. The fourth-order valence-electron chi connectivity index (χ4n) is 2.47. The monoisotopic (exact) mass is 257 g/mol. The van der Waals surface area contributed by atoms with Gasteiger partial charge in [0.25, 0.3) is 0 Å². The molecule has 1 aromatic heterocycles. The zero-order chi connectivity index (χ0) is 13.1. The maximum atomic E-state index is 5.41. The minimum atomic E-state index is 0.366. The maximum Gasteiger partial charge on any atom is 0.231 e. The van der Waals surface area contributed by atoms with Crippen molar-refractivity contribution in [1.29, 1.82) is 0 Å². The van der Waals surface area contributed by atoms with Crippen LogP contribution in [-0.4, -0.2) is 23.2 Å². The molecule has 0 aliphatic carbocycles. The van der Waals surface area contributed by atoms with Crippen molar-refractivity contribution < 1.29 is 4.52 Å². The second-order valence-electron chi connectivity index (χ2n) is 5.05. The number of nitrogens with zero attached hydrogens (tertiary/aromatic N) is 2. The van der Waals surface area contributed by atoms with E-state index in [9.17, 15) is 0 Å². The van der Waals surface area contributed by atoms with Crippen molar-refractivity contribution in [2.24, 2.45) is 0 Å². The molecule has 0 radical (unpaired) electrons. The minimum absolute atomic E-state index is 0.366. The van der Waals surface area contributed by atoms with E-state index in [4.69, 9.17) is 4.52 Å². The summed E-state index contributed by atoms with van der Waals surface area (Å²) in [7, 11) is 0. The third-order valence-corrected chi connectivity index (χ3v) is 3.71. The van der Waals surface area contributed by atoms with Crippen LogP contribution in [0.1, 0.15) is 37.1 Å². The second kappa shape index (κ2) is 5.53. The average molecular weight is 257 g/mol. The number of aryl methyl sites for hydroxylation is 1. The first kappa shape index (κ1) is 12.4. The Balaban J connectivity index is 1.79. The highest BCUT2D eigenvalue weighted by Crippen LogP contribution is 2.24. The van der Waals surface area contributed by atoms with Crippen LogP contribution >= 0.6 is 0 Å². The van der Waals surface area contributed by atoms with Crippen LogP contribution in [0.3, 0.4) is 0 Å². The predicted octanol–water partition coefficient (Wildman–Crippen LogP) is 2.77. The second-order valence-corrected chi connectivity index (χ2v) is 5.05. The van der Waals surface area contributed by atoms with E-state index >= 15 is 0 Å². The average Bonchev–Trinajstić information content (AvgIpc) is 2.98. The number of piperidine rings is 1. The van der Waals surface area contributed by atoms with E-state index in [0.717, 1.165) is 37.4 Å². The summed E-state index contributed by atoms with van der Waals surface area (Å²) in [6, 6.07) is 8.36. The maximum absolute atomic E-state index is 5.41. The van der Waals surface area contributed by atoms with Gasteiger partial charge in [-0.25, -0.2) is 0 Å². The molecule has 1 N–H and O–H groups in total. The molecule has 1 aromatic carbocycles. The van der Waals surface area contributed by atoms with Crippen LogP contribution in [0, 0.1) is 0 Å². The molecule has 1 aliphatic rings. The molecule has 2 heterocycles. The summed E-state index contributed by atoms with van der Waals surface area (Å²) in [4.78, 5) is 4.54. The van der Waals surface area contributed by atoms with Crippen molar-refractivity contribution in [2.75, 3.05) is 13.1 Å². The largest absolute Gasteiger partial charge is 0.339 e. The normalized spacial score (nSPS) is 19.5. The van der Waals surface area contributed by atoms with Crippen LogP contribution in [0.5, 0.6) is 0 Å². The lowest BCUT2D eigenvalue weighted by Crippen LogP contribution is -2.28. The molecule has 4 nitrogen and oxygen atoms in total. The van der Waals surface area contributed by atoms with Gasteiger partial charge in [-0.3, -0.25) is 0 Å². The topological polar surface area (TPSA) is 51.0 Å². The molecular weight excluding hydrogens is 238 g/mol. The molecule has 0 saturated carbocycles. The molecule has 0 spiro atoms. The molecule has 0 amide bonds. The molecular formula is C15H19N3O. The fraction of sp³-hybridized carbons (Fsp3) is 0.467. The van der Waals surface area contributed by atoms with Crippen LogP contribution in [0.25, 0.3) is 11.4 Å². The van der Waals surface area contributed by atoms with E-state index in [-0.39, 0.29) is 0 Å². The van der Waals surface area contributed by atoms with Gasteiger partial charge in [0, 0.05) is 12.1 Å². The SMILES string of the molecule is CCc1ccc(-c2noc([C@H]3CCCNC3)n2)cc1. The third-order valence-electron chi connectivity index (χ3n) is 3.71. The molecule has 4 heteroatoms. The third kappa shape index (κ3) is 2.68. The Morgan fingerprint density at radius 3 is 2.84 bits per heavy atom. The Morgan fingerprint density at radius 1 is 1.32 bits per heavy atom. The molecule has 1 aliphatic heterocycles. The first-order valence-electron chi connectivity index (χ1n) is 7.00. The summed E-state index contributed by atoms with van der Waals surface area (Å²) in [5, 5.41) is 7.47. The highest BCUT2D eigenvalue weighted by atomic mass is 16.5. The quantitative estimate of drug-likeness (QED) is 0.918. The summed E-state index contributed by atoms with van der Waals surface area (Å²) >= 11 is 0. The summed E-state index contributed by atoms with van der Waals surface area (Å²) in [5.41, 5.74) is 2.35. The van der Waals surface area contributed by atoms with Crippen LogP contribution in [0.4, 0.5) is 0 Å². The van der Waals surface area contributed by atoms with Crippen molar-refractivity contribution in [2.45, 2.75) is 32.1 Å². The Morgan fingerprint density at radius 2 is 2.16 bits per heavy atom. The van der Waals surface area contributed by atoms with Crippen LogP contribution < -0.4 is 5.32 Å². The molecule has 1 fully saturated rings. The summed E-state index contributed by atoms with van der Waals surface area (Å²) in [5.74, 6) is 1.83. The van der Waals surface area contributed by atoms with Crippen molar-refractivity contribution in [3.8, 4) is 11.4 Å². The Kier molecular flexibility index (Phi) is 3.60. The van der Waals surface area contributed by atoms with E-state index in [2.05, 4.69) is 46.6 Å². The molecule has 2 aromatic rings. The van der Waals surface area contributed by atoms with Gasteiger partial charge in [0.2, 0.25) is 11.7 Å². The zero-order valence-corrected chi connectivity index (χ0v) is 11.2. The zero-order valence-electron chi connectivity index (χ0n) is 11.2. The lowest BCUT2D eigenvalue weighted by atomic mass is 10.00. The van der Waals surface area contributed by atoms with Crippen LogP contribution in [0.15, 0.2) is 28.8 Å². The lowest BCUT2D eigenvalue weighted by molar-refractivity contribution is 0.322. The Labute approximate surface area is 113 Å². The van der Waals surface area contributed by atoms with Gasteiger partial charge in [-0.1, -0.05) is 36.3 Å². The molecule has 0 unspecified atom stereocenters. The van der Waals surface area contributed by atoms with Gasteiger partial charge in [0.05, 0.1) is 5.92 Å². The van der Waals surface area contributed by atoms with Crippen LogP contribution in [0.2, 0.25) is 0 Å². The Hall–Kier alpha value is -1.68. The first-order chi connectivity index (χ1) is 9.36. The molecule has 1 atom stereocenters. The highest BCUT2D eigenvalue weighted by Gasteiger charge is 2.21. The summed E-state index contributed by atoms with van der Waals surface area (Å²) in [6.45, 7) is 4.18. The molecule has 19 heavy (non-hydrogen) atoms. The van der Waals surface area contributed by atoms with Gasteiger partial charge in [-0.15, -0.1) is 0 Å². The molecule has 100 valence electrons. The fourth-order valence-corrected chi connectivity index (χ4v) is 2.47. The van der Waals surface area contributed by atoms with Gasteiger partial charge >= 0.3 is 0 Å². The van der Waals surface area contributed by atoms with E-state index in [1.807, 2.05) is 0 Å². The number of hydrogen-bond donors (Lipinski definition) is 1. The van der Waals surface area contributed by atoms with Crippen molar-refractivity contribution in [1.82, 2.24) is 15.5 Å². The summed E-state index contributed by atoms with van der Waals surface area (Å²) < 4.78 is 5.41. The van der Waals surface area contributed by atoms with Gasteiger partial charge in [-0.2, -0.15) is 4.98 Å². The number of hydrogen-bond acceptors (Lipinski definition) is 4. The number of nitrogens with one attached hydrogen (secondary N) is 1. The van der Waals surface area contributed by atoms with Crippen molar-refractivity contribution in [3.05, 3.63) is 35.7 Å². The van der Waals surface area contributed by atoms with Gasteiger partial charge < -0.3 is 9.84 Å². The molecule has 1 saturated heterocycles. The van der Waals surface area contributed by atoms with E-state index in [0.29, 0.717) is 11.7 Å². The molecule has 3 rings (SSSR count). The van der Waals surface area contributed by atoms with Crippen molar-refractivity contribution >= 4 is 0 Å². The van der Waals surface area contributed by atoms with Crippen molar-refractivity contribution in [3.63, 3.8) is 0 Å². The standard InChI is InChI=1S/C15H19N3O/c1-2-11-5-7-12(8-6-11)14-17-15(19-18-14)13-4-3-9-16-10-13/h5-8,13,16H,2-4,9-10H2,1H3/t13-/m0/s1. The van der Waals surface area contributed by atoms with Gasteiger partial charge in [-0.05, 0) is 31.4 Å². The molecule has 0 bridgehead atoms. The summed E-state index contributed by atoms with van der Waals surface area (Å²) in [6.07, 6.45) is 3.35. The highest BCUT2D eigenvalue weighted by molar-refractivity contribution is 5.54. The first-order valence-corrected chi connectivity index (χ1v) is 7.00. The van der Waals surface area contributed by atoms with Gasteiger partial charge in [0.15, 0.2) is 0 Å². The predicted molar refractivity (Wildman–Crippen MR) is 74.0 cm³/mol. The van der Waals surface area contributed by atoms with E-state index in [1.165, 1.54) is 12.0 Å². The number of aromatic nitrogens is 2.